The zero-order valence-electron chi connectivity index (χ0n) is 11.6. The molecule has 0 radical (unpaired) electrons. The van der Waals surface area contributed by atoms with E-state index < -0.39 is 23.3 Å². The summed E-state index contributed by atoms with van der Waals surface area (Å²) in [6.45, 7) is 0.774. The lowest BCUT2D eigenvalue weighted by molar-refractivity contribution is -0.384. The molecule has 21 heavy (non-hydrogen) atoms. The molecule has 0 aromatic heterocycles. The third kappa shape index (κ3) is 3.91. The molecule has 0 fully saturated rings. The molecule has 8 nitrogen and oxygen atoms in total. The summed E-state index contributed by atoms with van der Waals surface area (Å²) in [5.74, 6) is -0.973. The molecule has 9 heteroatoms. The number of nitro groups is 1. The lowest BCUT2D eigenvalue weighted by Gasteiger charge is -2.20. The van der Waals surface area contributed by atoms with Gasteiger partial charge in [0.05, 0.1) is 29.7 Å². The quantitative estimate of drug-likeness (QED) is 0.451. The Labute approximate surface area is 128 Å². The molecule has 0 bridgehead atoms. The van der Waals surface area contributed by atoms with Crippen molar-refractivity contribution in [1.29, 1.82) is 0 Å². The first-order chi connectivity index (χ1) is 9.81. The number of nitro benzene ring substituents is 1. The maximum absolute atomic E-state index is 11.7. The van der Waals surface area contributed by atoms with E-state index in [1.54, 1.807) is 0 Å². The van der Waals surface area contributed by atoms with Gasteiger partial charge in [-0.15, -0.1) is 0 Å². The van der Waals surface area contributed by atoms with Crippen molar-refractivity contribution in [3.63, 3.8) is 0 Å². The van der Waals surface area contributed by atoms with E-state index in [0.29, 0.717) is 4.47 Å². The van der Waals surface area contributed by atoms with Crippen LogP contribution in [0.25, 0.3) is 0 Å². The molecule has 0 aliphatic carbocycles. The van der Waals surface area contributed by atoms with E-state index in [2.05, 4.69) is 20.7 Å². The first kappa shape index (κ1) is 16.9. The molecule has 1 rings (SSSR count). The van der Waals surface area contributed by atoms with E-state index >= 15 is 0 Å². The van der Waals surface area contributed by atoms with Crippen molar-refractivity contribution in [3.05, 3.63) is 26.7 Å². The fourth-order valence-electron chi connectivity index (χ4n) is 1.61. The first-order valence-corrected chi connectivity index (χ1v) is 6.48. The molecule has 0 spiro atoms. The average Bonchev–Trinajstić information content (AvgIpc) is 2.43. The van der Waals surface area contributed by atoms with Gasteiger partial charge in [0.2, 0.25) is 5.91 Å². The lowest BCUT2D eigenvalue weighted by Crippen LogP contribution is -2.35. The normalized spacial score (nSPS) is 9.90. The van der Waals surface area contributed by atoms with Crippen molar-refractivity contribution in [3.8, 4) is 5.75 Å². The molecule has 0 saturated carbocycles. The standard InChI is InChI=1S/C12H13BrN2O6/c1-7(16)14(6-12(17)21-3)9-4-8(13)11(20-2)5-10(9)15(18)19/h4-5H,6H2,1-3H3. The Hall–Kier alpha value is -2.16. The van der Waals surface area contributed by atoms with Gasteiger partial charge >= 0.3 is 5.97 Å². The van der Waals surface area contributed by atoms with Gasteiger partial charge in [-0.25, -0.2) is 0 Å². The molecule has 0 atom stereocenters. The van der Waals surface area contributed by atoms with Gasteiger partial charge in [0.25, 0.3) is 5.69 Å². The fourth-order valence-corrected chi connectivity index (χ4v) is 2.10. The van der Waals surface area contributed by atoms with E-state index in [-0.39, 0.29) is 17.1 Å². The summed E-state index contributed by atoms with van der Waals surface area (Å²) in [5.41, 5.74) is -0.375. The van der Waals surface area contributed by atoms with E-state index in [0.717, 1.165) is 4.90 Å². The third-order valence-electron chi connectivity index (χ3n) is 2.63. The van der Waals surface area contributed by atoms with E-state index in [1.165, 1.54) is 33.3 Å². The molecule has 1 aromatic rings. The Balaban J connectivity index is 3.42. The second kappa shape index (κ2) is 7.02. The van der Waals surface area contributed by atoms with Gasteiger partial charge in [0, 0.05) is 6.92 Å². The molecule has 0 aliphatic heterocycles. The Morgan fingerprint density at radius 1 is 1.38 bits per heavy atom. The van der Waals surface area contributed by atoms with Crippen LogP contribution in [0.4, 0.5) is 11.4 Å². The van der Waals surface area contributed by atoms with Crippen LogP contribution in [-0.4, -0.2) is 37.6 Å². The minimum absolute atomic E-state index is 0.0226. The van der Waals surface area contributed by atoms with Gasteiger partial charge in [0.1, 0.15) is 18.0 Å². The highest BCUT2D eigenvalue weighted by Crippen LogP contribution is 2.38. The van der Waals surface area contributed by atoms with E-state index in [4.69, 9.17) is 4.74 Å². The summed E-state index contributed by atoms with van der Waals surface area (Å²) >= 11 is 3.19. The number of ether oxygens (including phenoxy) is 2. The lowest BCUT2D eigenvalue weighted by atomic mass is 10.2. The van der Waals surface area contributed by atoms with Crippen LogP contribution < -0.4 is 9.64 Å². The number of benzene rings is 1. The van der Waals surface area contributed by atoms with Crippen LogP contribution in [0, 0.1) is 10.1 Å². The molecule has 114 valence electrons. The Kier molecular flexibility index (Phi) is 5.65. The highest BCUT2D eigenvalue weighted by Gasteiger charge is 2.26. The number of carbonyl (C=O) groups is 2. The maximum atomic E-state index is 11.7. The van der Waals surface area contributed by atoms with Gasteiger partial charge in [-0.3, -0.25) is 24.6 Å². The zero-order valence-corrected chi connectivity index (χ0v) is 13.2. The number of rotatable bonds is 5. The number of methoxy groups -OCH3 is 2. The van der Waals surface area contributed by atoms with Gasteiger partial charge in [-0.05, 0) is 22.0 Å². The summed E-state index contributed by atoms with van der Waals surface area (Å²) in [6.07, 6.45) is 0. The first-order valence-electron chi connectivity index (χ1n) is 5.68. The van der Waals surface area contributed by atoms with Crippen LogP contribution in [-0.2, 0) is 14.3 Å². The number of carbonyl (C=O) groups excluding carboxylic acids is 2. The smallest absolute Gasteiger partial charge is 0.325 e. The number of amides is 1. The summed E-state index contributed by atoms with van der Waals surface area (Å²) in [4.78, 5) is 34.5. The van der Waals surface area contributed by atoms with Crippen LogP contribution in [0.3, 0.4) is 0 Å². The predicted molar refractivity (Wildman–Crippen MR) is 77.4 cm³/mol. The van der Waals surface area contributed by atoms with Crippen LogP contribution in [0.5, 0.6) is 5.75 Å². The molecular weight excluding hydrogens is 348 g/mol. The van der Waals surface area contributed by atoms with Crippen molar-refractivity contribution in [2.24, 2.45) is 0 Å². The minimum Gasteiger partial charge on any atom is -0.495 e. The SMILES string of the molecule is COC(=O)CN(C(C)=O)c1cc(Br)c(OC)cc1[N+](=O)[O-]. The van der Waals surface area contributed by atoms with Crippen LogP contribution >= 0.6 is 15.9 Å². The van der Waals surface area contributed by atoms with Gasteiger partial charge in [-0.1, -0.05) is 0 Å². The molecule has 1 amide bonds. The number of esters is 1. The van der Waals surface area contributed by atoms with Crippen molar-refractivity contribution in [2.75, 3.05) is 25.7 Å². The van der Waals surface area contributed by atoms with Gasteiger partial charge < -0.3 is 9.47 Å². The van der Waals surface area contributed by atoms with Crippen molar-refractivity contribution in [1.82, 2.24) is 0 Å². The number of halogens is 1. The molecule has 0 heterocycles. The highest BCUT2D eigenvalue weighted by atomic mass is 79.9. The number of hydrogen-bond acceptors (Lipinski definition) is 6. The molecule has 0 aliphatic rings. The van der Waals surface area contributed by atoms with Gasteiger partial charge in [0.15, 0.2) is 0 Å². The Bertz CT molecular complexity index is 589. The van der Waals surface area contributed by atoms with E-state index in [9.17, 15) is 19.7 Å². The second-order valence-corrected chi connectivity index (χ2v) is 4.77. The third-order valence-corrected chi connectivity index (χ3v) is 3.25. The molecule has 0 N–H and O–H groups in total. The highest BCUT2D eigenvalue weighted by molar-refractivity contribution is 9.10. The van der Waals surface area contributed by atoms with Crippen molar-refractivity contribution >= 4 is 39.2 Å². The average molecular weight is 361 g/mol. The summed E-state index contributed by atoms with van der Waals surface area (Å²) in [7, 11) is 2.53. The Morgan fingerprint density at radius 2 is 2.00 bits per heavy atom. The topological polar surface area (TPSA) is 99.0 Å². The predicted octanol–water partition coefficient (Wildman–Crippen LogP) is 1.89. The van der Waals surface area contributed by atoms with Crippen LogP contribution in [0.15, 0.2) is 16.6 Å². The number of anilines is 1. The number of hydrogen-bond donors (Lipinski definition) is 0. The van der Waals surface area contributed by atoms with Crippen molar-refractivity contribution < 1.29 is 24.0 Å². The fraction of sp³-hybridized carbons (Fsp3) is 0.333. The van der Waals surface area contributed by atoms with Crippen molar-refractivity contribution in [2.45, 2.75) is 6.92 Å². The Morgan fingerprint density at radius 3 is 2.43 bits per heavy atom. The number of nitrogens with zero attached hydrogens (tertiary/aromatic N) is 2. The van der Waals surface area contributed by atoms with Gasteiger partial charge in [-0.2, -0.15) is 0 Å². The minimum atomic E-state index is -0.688. The molecular formula is C12H13BrN2O6. The summed E-state index contributed by atoms with van der Waals surface area (Å²) in [6, 6.07) is 2.52. The zero-order chi connectivity index (χ0) is 16.2. The maximum Gasteiger partial charge on any atom is 0.325 e. The summed E-state index contributed by atoms with van der Waals surface area (Å²) < 4.78 is 9.89. The van der Waals surface area contributed by atoms with Crippen LogP contribution in [0.2, 0.25) is 0 Å². The van der Waals surface area contributed by atoms with E-state index in [1.807, 2.05) is 0 Å². The van der Waals surface area contributed by atoms with Crippen LogP contribution in [0.1, 0.15) is 6.92 Å². The second-order valence-electron chi connectivity index (χ2n) is 3.91. The molecule has 0 unspecified atom stereocenters. The molecule has 1 aromatic carbocycles. The monoisotopic (exact) mass is 360 g/mol. The largest absolute Gasteiger partial charge is 0.495 e. The summed E-state index contributed by atoms with van der Waals surface area (Å²) in [5, 5.41) is 11.2. The molecule has 0 saturated heterocycles.